The van der Waals surface area contributed by atoms with E-state index in [-0.39, 0.29) is 21.7 Å². The quantitative estimate of drug-likeness (QED) is 0.138. The highest BCUT2D eigenvalue weighted by atomic mass is 15.4. The molecule has 0 atom stereocenters. The van der Waals surface area contributed by atoms with Gasteiger partial charge in [-0.1, -0.05) is 10.4 Å². The number of hydrogen-bond acceptors (Lipinski definition) is 4. The monoisotopic (exact) mass is 658 g/mol. The summed E-state index contributed by atoms with van der Waals surface area (Å²) in [6.45, 7) is 15.7. The van der Waals surface area contributed by atoms with Crippen LogP contribution >= 0.6 is 0 Å². The first kappa shape index (κ1) is 31.7. The summed E-state index contributed by atoms with van der Waals surface area (Å²) in [5.41, 5.74) is 10.4. The Bertz CT molecular complexity index is 1830. The molecule has 10 nitrogen and oxygen atoms in total. The SMILES string of the molecule is CC1(C)c2ccc([nH]2)C2(C)CCc3cn(nn3)CCCCCn3cc(nn3)CCC(C)(c3ccc1[nH]3)c1ccc([nH]1)C(C)(C)c1ccc2[nH]1. The minimum absolute atomic E-state index is 0.279. The third-order valence-electron chi connectivity index (χ3n) is 12.0. The summed E-state index contributed by atoms with van der Waals surface area (Å²) < 4.78 is 4.02. The molecule has 6 aromatic rings. The Kier molecular flexibility index (Phi) is 7.42. The van der Waals surface area contributed by atoms with Crippen LogP contribution in [-0.4, -0.2) is 49.9 Å². The van der Waals surface area contributed by atoms with Gasteiger partial charge in [-0.3, -0.25) is 9.36 Å². The Morgan fingerprint density at radius 2 is 0.796 bits per heavy atom. The van der Waals surface area contributed by atoms with Crippen molar-refractivity contribution in [2.45, 2.75) is 121 Å². The summed E-state index contributed by atoms with van der Waals surface area (Å²) in [5.74, 6) is 0. The molecule has 0 aliphatic carbocycles. The third-order valence-corrected chi connectivity index (χ3v) is 12.0. The molecule has 3 aliphatic heterocycles. The van der Waals surface area contributed by atoms with E-state index < -0.39 is 0 Å². The van der Waals surface area contributed by atoms with Crippen LogP contribution in [0.1, 0.15) is 131 Å². The van der Waals surface area contributed by atoms with E-state index in [0.717, 1.165) is 69.4 Å². The largest absolute Gasteiger partial charge is 0.361 e. The van der Waals surface area contributed by atoms with E-state index in [1.54, 1.807) is 0 Å². The summed E-state index contributed by atoms with van der Waals surface area (Å²) in [4.78, 5) is 15.7. The number of hydrogen-bond donors (Lipinski definition) is 4. The van der Waals surface area contributed by atoms with Crippen LogP contribution in [0.15, 0.2) is 60.9 Å². The van der Waals surface area contributed by atoms with Crippen molar-refractivity contribution in [3.63, 3.8) is 0 Å². The van der Waals surface area contributed by atoms with Gasteiger partial charge in [-0.2, -0.15) is 0 Å². The van der Waals surface area contributed by atoms with Gasteiger partial charge in [0, 0.05) is 92.7 Å². The molecule has 49 heavy (non-hydrogen) atoms. The smallest absolute Gasteiger partial charge is 0.0827 e. The first-order valence-corrected chi connectivity index (χ1v) is 18.0. The molecule has 10 heteroatoms. The highest BCUT2D eigenvalue weighted by Crippen LogP contribution is 2.43. The Morgan fingerprint density at radius 1 is 0.469 bits per heavy atom. The van der Waals surface area contributed by atoms with Crippen molar-refractivity contribution in [1.82, 2.24) is 49.9 Å². The molecule has 4 N–H and O–H groups in total. The highest BCUT2D eigenvalue weighted by Gasteiger charge is 2.39. The maximum atomic E-state index is 4.61. The number of aromatic nitrogens is 10. The minimum atomic E-state index is -0.308. The minimum Gasteiger partial charge on any atom is -0.361 e. The number of aryl methyl sites for hydroxylation is 4. The summed E-state index contributed by atoms with van der Waals surface area (Å²) in [6.07, 6.45) is 10.9. The number of fused-ring (bicyclic) bond motifs is 6. The molecule has 14 bridgehead atoms. The molecule has 0 saturated heterocycles. The Labute approximate surface area is 288 Å². The van der Waals surface area contributed by atoms with Crippen molar-refractivity contribution in [2.24, 2.45) is 0 Å². The van der Waals surface area contributed by atoms with Gasteiger partial charge in [-0.25, -0.2) is 0 Å². The average molecular weight is 659 g/mol. The van der Waals surface area contributed by atoms with Gasteiger partial charge in [0.1, 0.15) is 0 Å². The number of aromatic amines is 4. The lowest BCUT2D eigenvalue weighted by Crippen LogP contribution is -2.29. The molecule has 256 valence electrons. The molecule has 0 aromatic carbocycles. The van der Waals surface area contributed by atoms with E-state index in [9.17, 15) is 0 Å². The zero-order valence-electron chi connectivity index (χ0n) is 29.8. The Balaban J connectivity index is 1.30. The second-order valence-electron chi connectivity index (χ2n) is 16.1. The van der Waals surface area contributed by atoms with Crippen LogP contribution in [0.5, 0.6) is 0 Å². The van der Waals surface area contributed by atoms with Gasteiger partial charge in [0.15, 0.2) is 0 Å². The number of nitrogens with zero attached hydrogens (tertiary/aromatic N) is 6. The summed E-state index contributed by atoms with van der Waals surface area (Å²) >= 11 is 0. The normalized spacial score (nSPS) is 23.9. The van der Waals surface area contributed by atoms with Gasteiger partial charge in [-0.05, 0) is 135 Å². The Morgan fingerprint density at radius 3 is 1.14 bits per heavy atom. The van der Waals surface area contributed by atoms with E-state index in [4.69, 9.17) is 0 Å². The fraction of sp³-hybridized carbons (Fsp3) is 0.487. The molecule has 6 aromatic heterocycles. The van der Waals surface area contributed by atoms with E-state index in [0.29, 0.717) is 0 Å². The molecule has 9 heterocycles. The molecule has 9 rings (SSSR count). The van der Waals surface area contributed by atoms with E-state index in [1.807, 2.05) is 9.36 Å². The van der Waals surface area contributed by atoms with Crippen LogP contribution in [0.4, 0.5) is 0 Å². The number of H-pyrrole nitrogens is 4. The zero-order valence-corrected chi connectivity index (χ0v) is 29.8. The van der Waals surface area contributed by atoms with E-state index >= 15 is 0 Å². The van der Waals surface area contributed by atoms with Gasteiger partial charge in [0.05, 0.1) is 11.4 Å². The zero-order chi connectivity index (χ0) is 34.0. The van der Waals surface area contributed by atoms with Crippen molar-refractivity contribution >= 4 is 0 Å². The molecular weight excluding hydrogens is 608 g/mol. The molecule has 0 unspecified atom stereocenters. The number of rotatable bonds is 0. The standard InChI is InChI=1S/C39H50N10/c1-36(2)28-10-14-32(40-28)38(5)20-18-26-24-48(46-44-26)22-8-7-9-23-49-25-27(45-47-49)19-21-39(6,33-15-11-29(36)41-33)35-17-13-31(43-35)37(3,4)30-12-16-34(38)42-30/h10-17,24-25,40-43H,7-9,18-23H2,1-6H3. The fourth-order valence-corrected chi connectivity index (χ4v) is 8.05. The molecule has 3 aliphatic rings. The van der Waals surface area contributed by atoms with Gasteiger partial charge in [0.2, 0.25) is 0 Å². The van der Waals surface area contributed by atoms with Crippen LogP contribution in [0.3, 0.4) is 0 Å². The summed E-state index contributed by atoms with van der Waals surface area (Å²) in [6, 6.07) is 18.3. The topological polar surface area (TPSA) is 125 Å². The lowest BCUT2D eigenvalue weighted by molar-refractivity contribution is 0.475. The van der Waals surface area contributed by atoms with Gasteiger partial charge in [-0.15, -0.1) is 10.2 Å². The molecule has 0 amide bonds. The second kappa shape index (κ2) is 11.5. The van der Waals surface area contributed by atoms with Crippen LogP contribution in [-0.2, 0) is 47.6 Å². The van der Waals surface area contributed by atoms with Crippen LogP contribution in [0.2, 0.25) is 0 Å². The molecule has 0 radical (unpaired) electrons. The second-order valence-corrected chi connectivity index (χ2v) is 16.1. The first-order chi connectivity index (χ1) is 23.4. The van der Waals surface area contributed by atoms with E-state index in [2.05, 4.69) is 143 Å². The first-order valence-electron chi connectivity index (χ1n) is 18.0. The summed E-state index contributed by atoms with van der Waals surface area (Å²) in [5, 5.41) is 18.2. The van der Waals surface area contributed by atoms with Crippen LogP contribution in [0.25, 0.3) is 0 Å². The predicted octanol–water partition coefficient (Wildman–Crippen LogP) is 7.21. The average Bonchev–Trinajstić information content (AvgIpc) is 3.93. The van der Waals surface area contributed by atoms with Crippen LogP contribution < -0.4 is 0 Å². The van der Waals surface area contributed by atoms with Crippen molar-refractivity contribution in [2.75, 3.05) is 0 Å². The number of nitrogens with one attached hydrogen (secondary N) is 4. The lowest BCUT2D eigenvalue weighted by Gasteiger charge is -2.31. The predicted molar refractivity (Wildman–Crippen MR) is 191 cm³/mol. The van der Waals surface area contributed by atoms with Gasteiger partial charge in [0.25, 0.3) is 0 Å². The van der Waals surface area contributed by atoms with Gasteiger partial charge >= 0.3 is 0 Å². The third kappa shape index (κ3) is 5.40. The van der Waals surface area contributed by atoms with Crippen molar-refractivity contribution in [3.8, 4) is 0 Å². The Hall–Kier alpha value is -4.60. The van der Waals surface area contributed by atoms with E-state index in [1.165, 1.54) is 45.6 Å². The molecule has 0 spiro atoms. The maximum Gasteiger partial charge on any atom is 0.0827 e. The molecule has 0 saturated carbocycles. The maximum absolute atomic E-state index is 4.61. The molecule has 0 fully saturated rings. The van der Waals surface area contributed by atoms with Crippen molar-refractivity contribution in [3.05, 3.63) is 118 Å². The highest BCUT2D eigenvalue weighted by molar-refractivity contribution is 5.44. The fourth-order valence-electron chi connectivity index (χ4n) is 8.05. The molecular formula is C39H50N10. The van der Waals surface area contributed by atoms with Crippen LogP contribution in [0, 0.1) is 0 Å². The van der Waals surface area contributed by atoms with Crippen molar-refractivity contribution in [1.29, 1.82) is 0 Å². The van der Waals surface area contributed by atoms with Crippen molar-refractivity contribution < 1.29 is 0 Å². The summed E-state index contributed by atoms with van der Waals surface area (Å²) in [7, 11) is 0. The lowest BCUT2D eigenvalue weighted by atomic mass is 9.78. The van der Waals surface area contributed by atoms with Gasteiger partial charge < -0.3 is 19.9 Å².